The van der Waals surface area contributed by atoms with Crippen molar-refractivity contribution in [3.63, 3.8) is 0 Å². The van der Waals surface area contributed by atoms with Gasteiger partial charge < -0.3 is 4.90 Å². The lowest BCUT2D eigenvalue weighted by Crippen LogP contribution is -2.10. The van der Waals surface area contributed by atoms with Crippen molar-refractivity contribution in [2.24, 2.45) is 0 Å². The molecule has 1 aliphatic heterocycles. The van der Waals surface area contributed by atoms with E-state index in [1.165, 1.54) is 31.5 Å². The third kappa shape index (κ3) is 2.79. The molecule has 1 rings (SSSR count). The molecule has 0 amide bonds. The van der Waals surface area contributed by atoms with Crippen molar-refractivity contribution in [2.75, 3.05) is 13.1 Å². The highest BCUT2D eigenvalue weighted by atomic mass is 15.1. The zero-order valence-electron chi connectivity index (χ0n) is 7.51. The molecule has 1 heterocycles. The summed E-state index contributed by atoms with van der Waals surface area (Å²) in [7, 11) is 0. The van der Waals surface area contributed by atoms with E-state index in [-0.39, 0.29) is 0 Å². The van der Waals surface area contributed by atoms with Gasteiger partial charge in [0.25, 0.3) is 0 Å². The standard InChI is InChI=1S/C10H17N/c1-3-6-10(2)9-11-7-4-5-8-11/h3,6,9H,4-5,7-8H2,1-2H3/b6-3-,10-9-. The fourth-order valence-corrected chi connectivity index (χ4v) is 1.46. The number of hydrogen-bond donors (Lipinski definition) is 0. The fraction of sp³-hybridized carbons (Fsp3) is 0.600. The number of hydrogen-bond acceptors (Lipinski definition) is 1. The summed E-state index contributed by atoms with van der Waals surface area (Å²) in [5.74, 6) is 0. The van der Waals surface area contributed by atoms with E-state index in [2.05, 4.69) is 37.1 Å². The smallest absolute Gasteiger partial charge is 0.0173 e. The second-order valence-electron chi connectivity index (χ2n) is 3.12. The van der Waals surface area contributed by atoms with Gasteiger partial charge in [-0.15, -0.1) is 0 Å². The first-order chi connectivity index (χ1) is 5.33. The Kier molecular flexibility index (Phi) is 3.21. The maximum absolute atomic E-state index is 2.40. The lowest BCUT2D eigenvalue weighted by molar-refractivity contribution is 0.465. The van der Waals surface area contributed by atoms with Gasteiger partial charge in [0.15, 0.2) is 0 Å². The molecular weight excluding hydrogens is 134 g/mol. The van der Waals surface area contributed by atoms with Crippen LogP contribution < -0.4 is 0 Å². The molecule has 0 saturated carbocycles. The number of likely N-dealkylation sites (tertiary alicyclic amines) is 1. The van der Waals surface area contributed by atoms with Gasteiger partial charge in [-0.25, -0.2) is 0 Å². The summed E-state index contributed by atoms with van der Waals surface area (Å²) in [6.07, 6.45) is 9.21. The van der Waals surface area contributed by atoms with Crippen LogP contribution in [-0.2, 0) is 0 Å². The van der Waals surface area contributed by atoms with Crippen molar-refractivity contribution in [3.05, 3.63) is 23.9 Å². The zero-order chi connectivity index (χ0) is 8.10. The van der Waals surface area contributed by atoms with Gasteiger partial charge in [-0.3, -0.25) is 0 Å². The average molecular weight is 151 g/mol. The molecule has 1 heteroatoms. The van der Waals surface area contributed by atoms with Crippen LogP contribution in [0.3, 0.4) is 0 Å². The molecule has 0 spiro atoms. The Labute approximate surface area is 69.4 Å². The van der Waals surface area contributed by atoms with Crippen LogP contribution in [-0.4, -0.2) is 18.0 Å². The Hall–Kier alpha value is -0.720. The van der Waals surface area contributed by atoms with Crippen molar-refractivity contribution in [3.8, 4) is 0 Å². The van der Waals surface area contributed by atoms with Crippen molar-refractivity contribution in [1.82, 2.24) is 4.90 Å². The van der Waals surface area contributed by atoms with Gasteiger partial charge in [0.05, 0.1) is 0 Å². The van der Waals surface area contributed by atoms with Crippen LogP contribution in [0.1, 0.15) is 26.7 Å². The molecule has 0 aliphatic carbocycles. The van der Waals surface area contributed by atoms with E-state index in [4.69, 9.17) is 0 Å². The van der Waals surface area contributed by atoms with Gasteiger partial charge in [-0.1, -0.05) is 12.2 Å². The summed E-state index contributed by atoms with van der Waals surface area (Å²) in [5, 5.41) is 0. The molecule has 0 atom stereocenters. The molecule has 0 radical (unpaired) electrons. The Bertz CT molecular complexity index is 162. The van der Waals surface area contributed by atoms with E-state index in [1.807, 2.05) is 0 Å². The van der Waals surface area contributed by atoms with Crippen LogP contribution in [0, 0.1) is 0 Å². The molecule has 1 saturated heterocycles. The SMILES string of the molecule is C/C=C\C(C)=C/N1CCCC1. The van der Waals surface area contributed by atoms with E-state index < -0.39 is 0 Å². The van der Waals surface area contributed by atoms with Crippen LogP contribution in [0.25, 0.3) is 0 Å². The number of allylic oxidation sites excluding steroid dienone is 3. The summed E-state index contributed by atoms with van der Waals surface area (Å²) in [5.41, 5.74) is 1.36. The maximum atomic E-state index is 2.40. The monoisotopic (exact) mass is 151 g/mol. The van der Waals surface area contributed by atoms with Gasteiger partial charge in [0.2, 0.25) is 0 Å². The summed E-state index contributed by atoms with van der Waals surface area (Å²) in [4.78, 5) is 2.40. The topological polar surface area (TPSA) is 3.24 Å². The molecule has 0 aromatic carbocycles. The lowest BCUT2D eigenvalue weighted by atomic mass is 10.3. The van der Waals surface area contributed by atoms with Crippen molar-refractivity contribution < 1.29 is 0 Å². The lowest BCUT2D eigenvalue weighted by Gasteiger charge is -2.11. The minimum atomic E-state index is 1.24. The second kappa shape index (κ2) is 4.22. The zero-order valence-corrected chi connectivity index (χ0v) is 7.51. The van der Waals surface area contributed by atoms with E-state index in [0.717, 1.165) is 0 Å². The largest absolute Gasteiger partial charge is 0.377 e. The number of nitrogens with zero attached hydrogens (tertiary/aromatic N) is 1. The molecule has 62 valence electrons. The third-order valence-corrected chi connectivity index (χ3v) is 1.96. The van der Waals surface area contributed by atoms with E-state index in [0.29, 0.717) is 0 Å². The van der Waals surface area contributed by atoms with Gasteiger partial charge in [0, 0.05) is 19.3 Å². The minimum absolute atomic E-state index is 1.24. The Morgan fingerprint density at radius 1 is 1.27 bits per heavy atom. The second-order valence-corrected chi connectivity index (χ2v) is 3.12. The maximum Gasteiger partial charge on any atom is 0.0173 e. The van der Waals surface area contributed by atoms with Crippen molar-refractivity contribution >= 4 is 0 Å². The third-order valence-electron chi connectivity index (χ3n) is 1.96. The van der Waals surface area contributed by atoms with E-state index in [9.17, 15) is 0 Å². The van der Waals surface area contributed by atoms with Crippen LogP contribution in [0.15, 0.2) is 23.9 Å². The molecule has 11 heavy (non-hydrogen) atoms. The highest BCUT2D eigenvalue weighted by Gasteiger charge is 2.06. The summed E-state index contributed by atoms with van der Waals surface area (Å²) < 4.78 is 0. The van der Waals surface area contributed by atoms with E-state index >= 15 is 0 Å². The van der Waals surface area contributed by atoms with Crippen molar-refractivity contribution in [1.29, 1.82) is 0 Å². The average Bonchev–Trinajstić information content (AvgIpc) is 2.40. The molecule has 0 aromatic rings. The van der Waals surface area contributed by atoms with E-state index in [1.54, 1.807) is 0 Å². The molecule has 1 nitrogen and oxygen atoms in total. The number of rotatable bonds is 2. The summed E-state index contributed by atoms with van der Waals surface area (Å²) >= 11 is 0. The van der Waals surface area contributed by atoms with Crippen LogP contribution in [0.4, 0.5) is 0 Å². The first kappa shape index (κ1) is 8.38. The predicted molar refractivity (Wildman–Crippen MR) is 49.4 cm³/mol. The molecule has 0 N–H and O–H groups in total. The molecule has 0 unspecified atom stereocenters. The molecule has 0 aromatic heterocycles. The highest BCUT2D eigenvalue weighted by Crippen LogP contribution is 2.09. The van der Waals surface area contributed by atoms with Crippen LogP contribution in [0.2, 0.25) is 0 Å². The van der Waals surface area contributed by atoms with Gasteiger partial charge in [-0.2, -0.15) is 0 Å². The van der Waals surface area contributed by atoms with Crippen LogP contribution in [0.5, 0.6) is 0 Å². The van der Waals surface area contributed by atoms with Gasteiger partial charge >= 0.3 is 0 Å². The fourth-order valence-electron chi connectivity index (χ4n) is 1.46. The first-order valence-corrected chi connectivity index (χ1v) is 4.38. The minimum Gasteiger partial charge on any atom is -0.377 e. The predicted octanol–water partition coefficient (Wildman–Crippen LogP) is 2.56. The Morgan fingerprint density at radius 2 is 1.91 bits per heavy atom. The van der Waals surface area contributed by atoms with Gasteiger partial charge in [0.1, 0.15) is 0 Å². The Balaban J connectivity index is 2.42. The quantitative estimate of drug-likeness (QED) is 0.548. The highest BCUT2D eigenvalue weighted by molar-refractivity contribution is 5.14. The first-order valence-electron chi connectivity index (χ1n) is 4.38. The normalized spacial score (nSPS) is 20.2. The molecule has 1 aliphatic rings. The van der Waals surface area contributed by atoms with Gasteiger partial charge in [-0.05, 0) is 32.3 Å². The summed E-state index contributed by atoms with van der Waals surface area (Å²) in [6.45, 7) is 6.70. The summed E-state index contributed by atoms with van der Waals surface area (Å²) in [6, 6.07) is 0. The molecule has 0 bridgehead atoms. The molecular formula is C10H17N. The van der Waals surface area contributed by atoms with Crippen LogP contribution >= 0.6 is 0 Å². The van der Waals surface area contributed by atoms with Crippen molar-refractivity contribution in [2.45, 2.75) is 26.7 Å². The molecule has 1 fully saturated rings. The Morgan fingerprint density at radius 3 is 2.45 bits per heavy atom.